The van der Waals surface area contributed by atoms with Crippen molar-refractivity contribution in [3.63, 3.8) is 0 Å². The minimum Gasteiger partial charge on any atom is -0.425 e. The summed E-state index contributed by atoms with van der Waals surface area (Å²) >= 11 is 0. The molecule has 0 fully saturated rings. The van der Waals surface area contributed by atoms with Crippen LogP contribution in [0.4, 0.5) is 0 Å². The van der Waals surface area contributed by atoms with Crippen LogP contribution < -0.4 is 4.74 Å². The smallest absolute Gasteiger partial charge is 0.331 e. The highest BCUT2D eigenvalue weighted by atomic mass is 16.5. The van der Waals surface area contributed by atoms with Gasteiger partial charge in [0.1, 0.15) is 5.75 Å². The predicted molar refractivity (Wildman–Crippen MR) is 105 cm³/mol. The summed E-state index contributed by atoms with van der Waals surface area (Å²) < 4.78 is 5.39. The molecule has 5 heteroatoms. The molecule has 0 aliphatic heterocycles. The zero-order valence-electron chi connectivity index (χ0n) is 16.5. The minimum atomic E-state index is -1.17. The number of unbranched alkanes of at least 4 members (excludes halogenated alkanes) is 2. The molecule has 0 aliphatic carbocycles. The third kappa shape index (κ3) is 5.13. The lowest BCUT2D eigenvalue weighted by Crippen LogP contribution is -2.35. The maximum atomic E-state index is 12.3. The Kier molecular flexibility index (Phi) is 7.06. The second-order valence-corrected chi connectivity index (χ2v) is 7.25. The summed E-state index contributed by atoms with van der Waals surface area (Å²) in [7, 11) is 0. The summed E-state index contributed by atoms with van der Waals surface area (Å²) in [6.07, 6.45) is 8.29. The van der Waals surface area contributed by atoms with E-state index in [4.69, 9.17) is 4.74 Å². The van der Waals surface area contributed by atoms with Gasteiger partial charge in [-0.1, -0.05) is 33.6 Å². The van der Waals surface area contributed by atoms with Gasteiger partial charge in [0.05, 0.1) is 6.07 Å². The van der Waals surface area contributed by atoms with E-state index in [0.29, 0.717) is 11.6 Å². The fourth-order valence-electron chi connectivity index (χ4n) is 2.51. The zero-order valence-corrected chi connectivity index (χ0v) is 16.5. The van der Waals surface area contributed by atoms with Crippen molar-refractivity contribution in [3.05, 3.63) is 42.2 Å². The van der Waals surface area contributed by atoms with Gasteiger partial charge in [-0.15, -0.1) is 0 Å². The van der Waals surface area contributed by atoms with E-state index >= 15 is 0 Å². The van der Waals surface area contributed by atoms with Crippen LogP contribution in [0.3, 0.4) is 0 Å². The Bertz CT molecular complexity index is 792. The van der Waals surface area contributed by atoms with Gasteiger partial charge in [-0.3, -0.25) is 0 Å². The summed E-state index contributed by atoms with van der Waals surface area (Å²) in [5, 5.41) is 9.32. The molecule has 1 heterocycles. The summed E-state index contributed by atoms with van der Waals surface area (Å²) in [6, 6.07) is 9.09. The van der Waals surface area contributed by atoms with E-state index in [-0.39, 0.29) is 5.92 Å². The third-order valence-corrected chi connectivity index (χ3v) is 4.91. The third-order valence-electron chi connectivity index (χ3n) is 4.91. The van der Waals surface area contributed by atoms with Crippen molar-refractivity contribution in [3.8, 4) is 23.2 Å². The first-order valence-electron chi connectivity index (χ1n) is 9.45. The molecule has 2 aromatic rings. The first kappa shape index (κ1) is 20.6. The fourth-order valence-corrected chi connectivity index (χ4v) is 2.51. The number of nitriles is 1. The number of nitrogens with zero attached hydrogens (tertiary/aromatic N) is 3. The summed E-state index contributed by atoms with van der Waals surface area (Å²) in [5.74, 6) is 0.358. The van der Waals surface area contributed by atoms with Gasteiger partial charge in [0.25, 0.3) is 0 Å². The Morgan fingerprint density at radius 3 is 2.33 bits per heavy atom. The lowest BCUT2D eigenvalue weighted by Gasteiger charge is -2.23. The van der Waals surface area contributed by atoms with Gasteiger partial charge >= 0.3 is 5.97 Å². The number of carbonyl (C=O) groups is 1. The molecule has 0 amide bonds. The molecule has 1 aromatic carbocycles. The van der Waals surface area contributed by atoms with Crippen LogP contribution >= 0.6 is 0 Å². The number of carbonyl (C=O) groups excluding carboxylic acids is 1. The molecular weight excluding hydrogens is 338 g/mol. The number of hydrogen-bond acceptors (Lipinski definition) is 5. The molecule has 0 bridgehead atoms. The van der Waals surface area contributed by atoms with E-state index in [1.165, 1.54) is 12.8 Å². The zero-order chi connectivity index (χ0) is 19.9. The van der Waals surface area contributed by atoms with E-state index < -0.39 is 11.4 Å². The van der Waals surface area contributed by atoms with Gasteiger partial charge in [0, 0.05) is 18.0 Å². The van der Waals surface area contributed by atoms with Crippen molar-refractivity contribution >= 4 is 5.97 Å². The number of benzene rings is 1. The molecular formula is C22H27N3O2. The SMILES string of the molecule is CCCCCc1cnc(-c2ccc(OC(=O)C(C)(C#N)C(C)C)cc2)nc1. The monoisotopic (exact) mass is 365 g/mol. The van der Waals surface area contributed by atoms with Crippen LogP contribution in [0.1, 0.15) is 52.5 Å². The summed E-state index contributed by atoms with van der Waals surface area (Å²) in [5.41, 5.74) is 0.819. The second-order valence-electron chi connectivity index (χ2n) is 7.25. The minimum absolute atomic E-state index is 0.140. The van der Waals surface area contributed by atoms with Crippen molar-refractivity contribution in [2.75, 3.05) is 0 Å². The molecule has 27 heavy (non-hydrogen) atoms. The first-order valence-corrected chi connectivity index (χ1v) is 9.45. The Labute approximate surface area is 161 Å². The van der Waals surface area contributed by atoms with Crippen molar-refractivity contribution < 1.29 is 9.53 Å². The second kappa shape index (κ2) is 9.27. The van der Waals surface area contributed by atoms with E-state index in [0.717, 1.165) is 24.0 Å². The van der Waals surface area contributed by atoms with E-state index in [9.17, 15) is 10.1 Å². The highest BCUT2D eigenvalue weighted by Crippen LogP contribution is 2.29. The van der Waals surface area contributed by atoms with Gasteiger partial charge in [-0.05, 0) is 55.5 Å². The van der Waals surface area contributed by atoms with E-state index in [2.05, 4.69) is 23.0 Å². The first-order chi connectivity index (χ1) is 12.9. The van der Waals surface area contributed by atoms with Crippen LogP contribution in [0.5, 0.6) is 5.75 Å². The van der Waals surface area contributed by atoms with Gasteiger partial charge in [0.2, 0.25) is 0 Å². The van der Waals surface area contributed by atoms with Gasteiger partial charge in [-0.2, -0.15) is 5.26 Å². The topological polar surface area (TPSA) is 75.9 Å². The largest absolute Gasteiger partial charge is 0.425 e. The number of esters is 1. The summed E-state index contributed by atoms with van der Waals surface area (Å²) in [6.45, 7) is 7.45. The highest BCUT2D eigenvalue weighted by Gasteiger charge is 2.39. The van der Waals surface area contributed by atoms with Crippen LogP contribution in [0.2, 0.25) is 0 Å². The maximum absolute atomic E-state index is 12.3. The fraction of sp³-hybridized carbons (Fsp3) is 0.455. The summed E-state index contributed by atoms with van der Waals surface area (Å²) in [4.78, 5) is 21.2. The van der Waals surface area contributed by atoms with Gasteiger partial charge in [-0.25, -0.2) is 14.8 Å². The Morgan fingerprint density at radius 2 is 1.81 bits per heavy atom. The Balaban J connectivity index is 2.05. The lowest BCUT2D eigenvalue weighted by molar-refractivity contribution is -0.143. The van der Waals surface area contributed by atoms with Crippen molar-refractivity contribution in [2.45, 2.75) is 53.4 Å². The van der Waals surface area contributed by atoms with E-state index in [1.807, 2.05) is 38.4 Å². The molecule has 0 radical (unpaired) electrons. The molecule has 0 aliphatic rings. The number of hydrogen-bond donors (Lipinski definition) is 0. The number of aromatic nitrogens is 2. The quantitative estimate of drug-likeness (QED) is 0.375. The molecule has 0 spiro atoms. The predicted octanol–water partition coefficient (Wildman–Crippen LogP) is 4.97. The number of rotatable bonds is 8. The lowest BCUT2D eigenvalue weighted by atomic mass is 9.81. The molecule has 1 aromatic heterocycles. The standard InChI is InChI=1S/C22H27N3O2/c1-5-6-7-8-17-13-24-20(25-14-17)18-9-11-19(12-10-18)27-21(26)22(4,15-23)16(2)3/h9-14,16H,5-8H2,1-4H3. The molecule has 0 saturated carbocycles. The Hall–Kier alpha value is -2.74. The molecule has 142 valence electrons. The van der Waals surface area contributed by atoms with Gasteiger partial charge < -0.3 is 4.74 Å². The molecule has 5 nitrogen and oxygen atoms in total. The highest BCUT2D eigenvalue weighted by molar-refractivity contribution is 5.82. The molecule has 0 N–H and O–H groups in total. The average Bonchev–Trinajstić information content (AvgIpc) is 2.68. The van der Waals surface area contributed by atoms with Crippen LogP contribution in [0.15, 0.2) is 36.7 Å². The van der Waals surface area contributed by atoms with Crippen LogP contribution in [-0.4, -0.2) is 15.9 Å². The molecule has 1 atom stereocenters. The molecule has 1 unspecified atom stereocenters. The van der Waals surface area contributed by atoms with Crippen LogP contribution in [0.25, 0.3) is 11.4 Å². The van der Waals surface area contributed by atoms with Crippen molar-refractivity contribution in [2.24, 2.45) is 11.3 Å². The normalized spacial score (nSPS) is 13.0. The molecule has 2 rings (SSSR count). The van der Waals surface area contributed by atoms with Crippen molar-refractivity contribution in [1.29, 1.82) is 5.26 Å². The van der Waals surface area contributed by atoms with E-state index in [1.54, 1.807) is 19.1 Å². The average molecular weight is 365 g/mol. The van der Waals surface area contributed by atoms with Crippen LogP contribution in [-0.2, 0) is 11.2 Å². The molecule has 0 saturated heterocycles. The Morgan fingerprint density at radius 1 is 1.19 bits per heavy atom. The number of aryl methyl sites for hydroxylation is 1. The number of ether oxygens (including phenoxy) is 1. The van der Waals surface area contributed by atoms with Crippen molar-refractivity contribution in [1.82, 2.24) is 9.97 Å². The van der Waals surface area contributed by atoms with Gasteiger partial charge in [0.15, 0.2) is 11.2 Å². The maximum Gasteiger partial charge on any atom is 0.331 e. The van der Waals surface area contributed by atoms with Crippen LogP contribution in [0, 0.1) is 22.7 Å².